The van der Waals surface area contributed by atoms with Crippen LogP contribution in [0.25, 0.3) is 0 Å². The first-order valence-electron chi connectivity index (χ1n) is 9.13. The van der Waals surface area contributed by atoms with Gasteiger partial charge in [0.1, 0.15) is 11.6 Å². The van der Waals surface area contributed by atoms with Crippen molar-refractivity contribution in [1.29, 1.82) is 0 Å². The molecule has 0 spiro atoms. The van der Waals surface area contributed by atoms with Crippen LogP contribution in [0, 0.1) is 18.6 Å². The Balaban J connectivity index is 0.00000280. The van der Waals surface area contributed by atoms with Gasteiger partial charge in [0.25, 0.3) is 0 Å². The molecule has 0 saturated carbocycles. The minimum absolute atomic E-state index is 0. The minimum Gasteiger partial charge on any atom is -0.367 e. The van der Waals surface area contributed by atoms with Crippen LogP contribution < -0.4 is 15.5 Å². The lowest BCUT2D eigenvalue weighted by Gasteiger charge is -2.21. The number of guanidine groups is 1. The number of hydrogen-bond donors (Lipinski definition) is 2. The van der Waals surface area contributed by atoms with Crippen LogP contribution in [0.5, 0.6) is 0 Å². The maximum absolute atomic E-state index is 14.0. The molecule has 9 heteroatoms. The van der Waals surface area contributed by atoms with E-state index in [0.717, 1.165) is 55.1 Å². The predicted molar refractivity (Wildman–Crippen MR) is 122 cm³/mol. The van der Waals surface area contributed by atoms with E-state index >= 15 is 0 Å². The summed E-state index contributed by atoms with van der Waals surface area (Å²) in [6.45, 7) is 4.19. The summed E-state index contributed by atoms with van der Waals surface area (Å²) in [5.74, 6) is -0.324. The van der Waals surface area contributed by atoms with Crippen molar-refractivity contribution in [3.05, 3.63) is 45.9 Å². The van der Waals surface area contributed by atoms with Crippen molar-refractivity contribution in [3.63, 3.8) is 0 Å². The van der Waals surface area contributed by atoms with E-state index in [4.69, 9.17) is 0 Å². The first-order chi connectivity index (χ1) is 13.0. The van der Waals surface area contributed by atoms with E-state index in [1.165, 1.54) is 12.1 Å². The largest absolute Gasteiger partial charge is 0.367 e. The molecule has 1 atom stereocenters. The van der Waals surface area contributed by atoms with Crippen LogP contribution >= 0.6 is 35.3 Å². The number of nitrogens with zero attached hydrogens (tertiary/aromatic N) is 3. The fourth-order valence-corrected chi connectivity index (χ4v) is 4.00. The van der Waals surface area contributed by atoms with Crippen molar-refractivity contribution < 1.29 is 8.78 Å². The lowest BCUT2D eigenvalue weighted by atomic mass is 10.2. The summed E-state index contributed by atoms with van der Waals surface area (Å²) in [6.07, 6.45) is 2.80. The molecule has 1 saturated heterocycles. The summed E-state index contributed by atoms with van der Waals surface area (Å²) in [5.41, 5.74) is 1.52. The smallest absolute Gasteiger partial charge is 0.191 e. The van der Waals surface area contributed by atoms with Gasteiger partial charge in [-0.25, -0.2) is 13.8 Å². The van der Waals surface area contributed by atoms with E-state index in [2.05, 4.69) is 26.0 Å². The molecule has 1 unspecified atom stereocenters. The number of aromatic nitrogens is 1. The summed E-state index contributed by atoms with van der Waals surface area (Å²) in [4.78, 5) is 10.7. The number of thiazole rings is 1. The molecule has 1 aromatic carbocycles. The highest BCUT2D eigenvalue weighted by Crippen LogP contribution is 2.24. The van der Waals surface area contributed by atoms with Gasteiger partial charge < -0.3 is 15.5 Å². The second kappa shape index (κ2) is 10.9. The number of rotatable bonds is 6. The normalized spacial score (nSPS) is 16.8. The standard InChI is InChI=1S/C19H25F2N5S.HI/c1-13-12-27-18(24-13)4-3-8-23-19(22-2)25-15-7-9-26(11-15)17-6-5-14(20)10-16(17)21;/h5-6,10,12,15H,3-4,7-9,11H2,1-2H3,(H2,22,23,25);1H. The zero-order valence-corrected chi connectivity index (χ0v) is 19.2. The molecule has 1 aliphatic heterocycles. The van der Waals surface area contributed by atoms with Gasteiger partial charge in [-0.3, -0.25) is 4.99 Å². The Morgan fingerprint density at radius 2 is 2.21 bits per heavy atom. The first kappa shape index (κ1) is 22.8. The van der Waals surface area contributed by atoms with Crippen molar-refractivity contribution in [2.45, 2.75) is 32.2 Å². The summed E-state index contributed by atoms with van der Waals surface area (Å²) >= 11 is 1.70. The second-order valence-corrected chi connectivity index (χ2v) is 7.60. The zero-order chi connectivity index (χ0) is 19.2. The van der Waals surface area contributed by atoms with Crippen LogP contribution in [-0.4, -0.2) is 43.7 Å². The Morgan fingerprint density at radius 1 is 1.39 bits per heavy atom. The van der Waals surface area contributed by atoms with E-state index in [-0.39, 0.29) is 30.0 Å². The molecule has 0 bridgehead atoms. The molecule has 1 fully saturated rings. The van der Waals surface area contributed by atoms with Crippen molar-refractivity contribution in [1.82, 2.24) is 15.6 Å². The highest BCUT2D eigenvalue weighted by atomic mass is 127. The van der Waals surface area contributed by atoms with E-state index in [1.807, 2.05) is 11.8 Å². The number of nitrogens with one attached hydrogen (secondary N) is 2. The molecule has 2 N–H and O–H groups in total. The Hall–Kier alpha value is -1.49. The van der Waals surface area contributed by atoms with Gasteiger partial charge in [-0.15, -0.1) is 35.3 Å². The fraction of sp³-hybridized carbons (Fsp3) is 0.474. The second-order valence-electron chi connectivity index (χ2n) is 6.66. The van der Waals surface area contributed by atoms with Gasteiger partial charge in [0.05, 0.1) is 10.7 Å². The van der Waals surface area contributed by atoms with Gasteiger partial charge in [-0.1, -0.05) is 0 Å². The molecule has 0 amide bonds. The van der Waals surface area contributed by atoms with Gasteiger partial charge in [-0.2, -0.15) is 0 Å². The van der Waals surface area contributed by atoms with E-state index in [9.17, 15) is 8.78 Å². The number of benzene rings is 1. The van der Waals surface area contributed by atoms with Gasteiger partial charge in [0, 0.05) is 56.3 Å². The van der Waals surface area contributed by atoms with Crippen molar-refractivity contribution in [2.75, 3.05) is 31.6 Å². The SMILES string of the molecule is CN=C(NCCCc1nc(C)cs1)NC1CCN(c2ccc(F)cc2F)C1.I. The molecule has 1 aliphatic rings. The molecule has 2 heterocycles. The highest BCUT2D eigenvalue weighted by molar-refractivity contribution is 14.0. The number of anilines is 1. The topological polar surface area (TPSA) is 52.6 Å². The lowest BCUT2D eigenvalue weighted by molar-refractivity contribution is 0.580. The molecule has 2 aromatic rings. The monoisotopic (exact) mass is 521 g/mol. The maximum atomic E-state index is 14.0. The molecular weight excluding hydrogens is 495 g/mol. The third-order valence-corrected chi connectivity index (χ3v) is 5.56. The number of aliphatic imine (C=N–C) groups is 1. The van der Waals surface area contributed by atoms with Gasteiger partial charge in [-0.05, 0) is 31.9 Å². The quantitative estimate of drug-likeness (QED) is 0.264. The van der Waals surface area contributed by atoms with Crippen molar-refractivity contribution >= 4 is 47.0 Å². The summed E-state index contributed by atoms with van der Waals surface area (Å²) in [6, 6.07) is 3.90. The third-order valence-electron chi connectivity index (χ3n) is 4.53. The predicted octanol–water partition coefficient (Wildman–Crippen LogP) is 3.72. The van der Waals surface area contributed by atoms with Crippen LogP contribution in [0.3, 0.4) is 0 Å². The Labute approximate surface area is 185 Å². The van der Waals surface area contributed by atoms with Crippen LogP contribution in [0.4, 0.5) is 14.5 Å². The van der Waals surface area contributed by atoms with Crippen LogP contribution in [-0.2, 0) is 6.42 Å². The highest BCUT2D eigenvalue weighted by Gasteiger charge is 2.25. The van der Waals surface area contributed by atoms with Crippen LogP contribution in [0.15, 0.2) is 28.6 Å². The van der Waals surface area contributed by atoms with Gasteiger partial charge >= 0.3 is 0 Å². The molecule has 0 aliphatic carbocycles. The lowest BCUT2D eigenvalue weighted by Crippen LogP contribution is -2.45. The molecule has 3 rings (SSSR count). The molecule has 154 valence electrons. The zero-order valence-electron chi connectivity index (χ0n) is 16.0. The Kier molecular flexibility index (Phi) is 8.87. The average Bonchev–Trinajstić information content (AvgIpc) is 3.26. The van der Waals surface area contributed by atoms with Gasteiger partial charge in [0.15, 0.2) is 5.96 Å². The van der Waals surface area contributed by atoms with E-state index in [1.54, 1.807) is 18.4 Å². The number of aryl methyl sites for hydroxylation is 2. The fourth-order valence-electron chi connectivity index (χ4n) is 3.19. The summed E-state index contributed by atoms with van der Waals surface area (Å²) in [5, 5.41) is 9.93. The van der Waals surface area contributed by atoms with Crippen molar-refractivity contribution in [2.24, 2.45) is 4.99 Å². The number of halogens is 3. The molecular formula is C19H26F2IN5S. The minimum atomic E-state index is -0.553. The van der Waals surface area contributed by atoms with Crippen LogP contribution in [0.2, 0.25) is 0 Å². The Morgan fingerprint density at radius 3 is 2.89 bits per heavy atom. The molecule has 0 radical (unpaired) electrons. The first-order valence-corrected chi connectivity index (χ1v) is 10.0. The molecule has 1 aromatic heterocycles. The van der Waals surface area contributed by atoms with Crippen LogP contribution in [0.1, 0.15) is 23.5 Å². The number of hydrogen-bond acceptors (Lipinski definition) is 4. The summed E-state index contributed by atoms with van der Waals surface area (Å²) in [7, 11) is 1.74. The van der Waals surface area contributed by atoms with Crippen molar-refractivity contribution in [3.8, 4) is 0 Å². The van der Waals surface area contributed by atoms with Gasteiger partial charge in [0.2, 0.25) is 0 Å². The maximum Gasteiger partial charge on any atom is 0.191 e. The van der Waals surface area contributed by atoms with E-state index in [0.29, 0.717) is 12.2 Å². The van der Waals surface area contributed by atoms with E-state index < -0.39 is 11.6 Å². The molecule has 28 heavy (non-hydrogen) atoms. The average molecular weight is 521 g/mol. The third kappa shape index (κ3) is 6.26. The summed E-state index contributed by atoms with van der Waals surface area (Å²) < 4.78 is 27.1. The Bertz CT molecular complexity index is 798. The molecule has 5 nitrogen and oxygen atoms in total.